The van der Waals surface area contributed by atoms with Crippen LogP contribution in [0.5, 0.6) is 0 Å². The quantitative estimate of drug-likeness (QED) is 0.573. The molecule has 5 heteroatoms. The number of hydrogen-bond donors (Lipinski definition) is 0. The van der Waals surface area contributed by atoms with E-state index in [-0.39, 0.29) is 11.5 Å². The van der Waals surface area contributed by atoms with Gasteiger partial charge in [-0.2, -0.15) is 0 Å². The van der Waals surface area contributed by atoms with Crippen LogP contribution in [0.4, 0.5) is 0 Å². The van der Waals surface area contributed by atoms with Crippen LogP contribution in [0.2, 0.25) is 0 Å². The lowest BCUT2D eigenvalue weighted by Crippen LogP contribution is -2.33. The summed E-state index contributed by atoms with van der Waals surface area (Å²) in [6, 6.07) is 10.0. The maximum absolute atomic E-state index is 10.5. The topological polar surface area (TPSA) is 61.6 Å². The van der Waals surface area contributed by atoms with Crippen LogP contribution in [-0.4, -0.2) is 30.5 Å². The number of ether oxygens (including phenoxy) is 2. The summed E-state index contributed by atoms with van der Waals surface area (Å²) in [5, 5.41) is 10.5. The van der Waals surface area contributed by atoms with Gasteiger partial charge < -0.3 is 9.47 Å². The maximum Gasteiger partial charge on any atom is 0.209 e. The molecule has 0 atom stereocenters. The summed E-state index contributed by atoms with van der Waals surface area (Å²) in [5.41, 5.74) is 1.19. The van der Waals surface area contributed by atoms with Crippen LogP contribution in [0.1, 0.15) is 18.4 Å². The van der Waals surface area contributed by atoms with E-state index >= 15 is 0 Å². The van der Waals surface area contributed by atoms with E-state index in [0.29, 0.717) is 26.1 Å². The molecule has 1 heterocycles. The molecule has 0 unspecified atom stereocenters. The minimum atomic E-state index is -0.761. The van der Waals surface area contributed by atoms with Gasteiger partial charge in [0.2, 0.25) is 6.54 Å². The first kappa shape index (κ1) is 13.0. The Bertz CT molecular complexity index is 387. The zero-order valence-corrected chi connectivity index (χ0v) is 10.2. The second-order valence-electron chi connectivity index (χ2n) is 4.40. The fraction of sp³-hybridized carbons (Fsp3) is 0.538. The number of nitro groups is 1. The van der Waals surface area contributed by atoms with E-state index in [1.54, 1.807) is 0 Å². The highest BCUT2D eigenvalue weighted by molar-refractivity contribution is 5.14. The van der Waals surface area contributed by atoms with Crippen LogP contribution < -0.4 is 0 Å². The molecule has 0 aliphatic carbocycles. The average molecular weight is 251 g/mol. The molecule has 1 aromatic carbocycles. The Labute approximate surface area is 106 Å². The molecule has 0 spiro atoms. The first-order valence-electron chi connectivity index (χ1n) is 6.14. The molecule has 0 N–H and O–H groups in total. The fourth-order valence-electron chi connectivity index (χ4n) is 2.15. The summed E-state index contributed by atoms with van der Waals surface area (Å²) >= 11 is 0. The second kappa shape index (κ2) is 5.93. The minimum Gasteiger partial charge on any atom is -0.347 e. The molecule has 0 aromatic heterocycles. The van der Waals surface area contributed by atoms with E-state index in [4.69, 9.17) is 9.47 Å². The number of rotatable bonds is 6. The second-order valence-corrected chi connectivity index (χ2v) is 4.40. The lowest BCUT2D eigenvalue weighted by atomic mass is 10.0. The standard InChI is InChI=1S/C13H17NO4/c15-14(16)9-8-13(17-10-11-18-13)7-6-12-4-2-1-3-5-12/h1-5H,6-11H2. The molecule has 2 rings (SSSR count). The van der Waals surface area contributed by atoms with Crippen molar-refractivity contribution in [3.8, 4) is 0 Å². The van der Waals surface area contributed by atoms with E-state index in [2.05, 4.69) is 0 Å². The van der Waals surface area contributed by atoms with Crippen molar-refractivity contribution >= 4 is 0 Å². The van der Waals surface area contributed by atoms with Gasteiger partial charge in [-0.05, 0) is 12.0 Å². The van der Waals surface area contributed by atoms with Crippen molar-refractivity contribution in [3.63, 3.8) is 0 Å². The zero-order chi connectivity index (χ0) is 12.8. The minimum absolute atomic E-state index is 0.116. The summed E-state index contributed by atoms with van der Waals surface area (Å²) in [7, 11) is 0. The average Bonchev–Trinajstić information content (AvgIpc) is 2.85. The highest BCUT2D eigenvalue weighted by Gasteiger charge is 2.37. The number of aryl methyl sites for hydroxylation is 1. The first-order chi connectivity index (χ1) is 8.70. The van der Waals surface area contributed by atoms with Gasteiger partial charge in [0.15, 0.2) is 5.79 Å². The van der Waals surface area contributed by atoms with Crippen LogP contribution in [-0.2, 0) is 15.9 Å². The molecule has 0 radical (unpaired) electrons. The summed E-state index contributed by atoms with van der Waals surface area (Å²) in [5.74, 6) is -0.761. The Morgan fingerprint density at radius 2 is 1.83 bits per heavy atom. The third-order valence-corrected chi connectivity index (χ3v) is 3.13. The Balaban J connectivity index is 1.92. The van der Waals surface area contributed by atoms with Crippen LogP contribution in [0.25, 0.3) is 0 Å². The molecule has 1 saturated heterocycles. The molecular weight excluding hydrogens is 234 g/mol. The highest BCUT2D eigenvalue weighted by atomic mass is 16.7. The van der Waals surface area contributed by atoms with Crippen molar-refractivity contribution in [3.05, 3.63) is 46.0 Å². The van der Waals surface area contributed by atoms with Gasteiger partial charge in [0.05, 0.1) is 19.6 Å². The highest BCUT2D eigenvalue weighted by Crippen LogP contribution is 2.28. The van der Waals surface area contributed by atoms with Gasteiger partial charge in [-0.25, -0.2) is 0 Å². The lowest BCUT2D eigenvalue weighted by Gasteiger charge is -2.25. The van der Waals surface area contributed by atoms with Gasteiger partial charge in [-0.1, -0.05) is 30.3 Å². The molecular formula is C13H17NO4. The lowest BCUT2D eigenvalue weighted by molar-refractivity contribution is -0.486. The zero-order valence-electron chi connectivity index (χ0n) is 10.2. The van der Waals surface area contributed by atoms with Gasteiger partial charge >= 0.3 is 0 Å². The van der Waals surface area contributed by atoms with Crippen molar-refractivity contribution in [2.75, 3.05) is 19.8 Å². The molecule has 0 amide bonds. The van der Waals surface area contributed by atoms with Gasteiger partial charge in [0.25, 0.3) is 0 Å². The molecule has 98 valence electrons. The van der Waals surface area contributed by atoms with Crippen molar-refractivity contribution in [1.29, 1.82) is 0 Å². The molecule has 1 fully saturated rings. The van der Waals surface area contributed by atoms with Crippen LogP contribution in [0.3, 0.4) is 0 Å². The molecule has 1 aromatic rings. The van der Waals surface area contributed by atoms with Gasteiger partial charge in [-0.3, -0.25) is 10.1 Å². The summed E-state index contributed by atoms with van der Waals surface area (Å²) in [6.07, 6.45) is 1.77. The third kappa shape index (κ3) is 3.51. The van der Waals surface area contributed by atoms with Gasteiger partial charge in [0, 0.05) is 11.3 Å². The van der Waals surface area contributed by atoms with Crippen molar-refractivity contribution in [2.24, 2.45) is 0 Å². The summed E-state index contributed by atoms with van der Waals surface area (Å²) < 4.78 is 11.2. The largest absolute Gasteiger partial charge is 0.347 e. The van der Waals surface area contributed by atoms with Gasteiger partial charge in [-0.15, -0.1) is 0 Å². The van der Waals surface area contributed by atoms with E-state index in [0.717, 1.165) is 6.42 Å². The van der Waals surface area contributed by atoms with E-state index in [1.807, 2.05) is 30.3 Å². The predicted octanol–water partition coefficient (Wildman–Crippen LogP) is 2.03. The summed E-state index contributed by atoms with van der Waals surface area (Å²) in [6.45, 7) is 0.924. The summed E-state index contributed by atoms with van der Waals surface area (Å²) in [4.78, 5) is 10.1. The number of benzene rings is 1. The Morgan fingerprint density at radius 3 is 2.44 bits per heavy atom. The Morgan fingerprint density at radius 1 is 1.17 bits per heavy atom. The van der Waals surface area contributed by atoms with Crippen molar-refractivity contribution in [2.45, 2.75) is 25.0 Å². The molecule has 5 nitrogen and oxygen atoms in total. The first-order valence-corrected chi connectivity index (χ1v) is 6.14. The molecule has 1 aliphatic heterocycles. The molecule has 0 bridgehead atoms. The maximum atomic E-state index is 10.5. The van der Waals surface area contributed by atoms with Crippen LogP contribution in [0, 0.1) is 10.1 Å². The molecule has 1 aliphatic rings. The van der Waals surface area contributed by atoms with Gasteiger partial charge in [0.1, 0.15) is 0 Å². The predicted molar refractivity (Wildman–Crippen MR) is 65.9 cm³/mol. The number of nitrogens with zero attached hydrogens (tertiary/aromatic N) is 1. The normalized spacial score (nSPS) is 17.8. The monoisotopic (exact) mass is 251 g/mol. The fourth-order valence-corrected chi connectivity index (χ4v) is 2.15. The number of hydrogen-bond acceptors (Lipinski definition) is 4. The Hall–Kier alpha value is -1.46. The SMILES string of the molecule is O=[N+]([O-])CCC1(CCc2ccccc2)OCCO1. The van der Waals surface area contributed by atoms with Crippen LogP contribution in [0.15, 0.2) is 30.3 Å². The third-order valence-electron chi connectivity index (χ3n) is 3.13. The Kier molecular flexibility index (Phi) is 4.28. The molecule has 18 heavy (non-hydrogen) atoms. The van der Waals surface area contributed by atoms with E-state index < -0.39 is 5.79 Å². The van der Waals surface area contributed by atoms with Crippen molar-refractivity contribution in [1.82, 2.24) is 0 Å². The molecule has 0 saturated carbocycles. The smallest absolute Gasteiger partial charge is 0.209 e. The van der Waals surface area contributed by atoms with E-state index in [1.165, 1.54) is 5.56 Å². The van der Waals surface area contributed by atoms with Crippen LogP contribution >= 0.6 is 0 Å². The van der Waals surface area contributed by atoms with Crippen molar-refractivity contribution < 1.29 is 14.4 Å². The van der Waals surface area contributed by atoms with E-state index in [9.17, 15) is 10.1 Å².